The normalized spacial score (nSPS) is 17.9. The van der Waals surface area contributed by atoms with E-state index in [9.17, 15) is 0 Å². The Morgan fingerprint density at radius 1 is 1.33 bits per heavy atom. The van der Waals surface area contributed by atoms with Crippen LogP contribution >= 0.6 is 11.6 Å². The molecule has 1 saturated heterocycles. The summed E-state index contributed by atoms with van der Waals surface area (Å²) in [6.07, 6.45) is 4.31. The highest BCUT2D eigenvalue weighted by Gasteiger charge is 2.24. The summed E-state index contributed by atoms with van der Waals surface area (Å²) in [5, 5.41) is 8.14. The van der Waals surface area contributed by atoms with Crippen LogP contribution in [0.4, 0.5) is 0 Å². The highest BCUT2D eigenvalue weighted by atomic mass is 35.5. The summed E-state index contributed by atoms with van der Waals surface area (Å²) in [4.78, 5) is 9.76. The molecule has 0 spiro atoms. The molecule has 27 heavy (non-hydrogen) atoms. The predicted octanol–water partition coefficient (Wildman–Crippen LogP) is 2.98. The number of rotatable bonds is 7. The number of imidazole rings is 1. The first kappa shape index (κ1) is 18.0. The van der Waals surface area contributed by atoms with Crippen molar-refractivity contribution in [3.05, 3.63) is 65.0 Å². The van der Waals surface area contributed by atoms with Crippen LogP contribution in [0.15, 0.2) is 42.7 Å². The van der Waals surface area contributed by atoms with Crippen LogP contribution in [0.1, 0.15) is 23.3 Å². The number of aromatic amines is 2. The van der Waals surface area contributed by atoms with Crippen molar-refractivity contribution in [2.45, 2.75) is 19.1 Å². The van der Waals surface area contributed by atoms with Gasteiger partial charge in [-0.1, -0.05) is 23.7 Å². The molecule has 2 aromatic heterocycles. The van der Waals surface area contributed by atoms with Crippen LogP contribution in [-0.2, 0) is 17.7 Å². The van der Waals surface area contributed by atoms with Crippen LogP contribution in [0, 0.1) is 0 Å². The smallest absolute Gasteiger partial charge is 0.137 e. The molecule has 2 N–H and O–H groups in total. The van der Waals surface area contributed by atoms with Crippen molar-refractivity contribution in [1.82, 2.24) is 25.1 Å². The van der Waals surface area contributed by atoms with Gasteiger partial charge in [0.15, 0.2) is 0 Å². The van der Waals surface area contributed by atoms with Crippen molar-refractivity contribution in [2.75, 3.05) is 26.3 Å². The highest BCUT2D eigenvalue weighted by Crippen LogP contribution is 2.24. The minimum Gasteiger partial charge on any atom is -0.492 e. The fourth-order valence-corrected chi connectivity index (χ4v) is 3.32. The van der Waals surface area contributed by atoms with Gasteiger partial charge in [-0.05, 0) is 18.2 Å². The number of hydrogen-bond acceptors (Lipinski definition) is 5. The largest absolute Gasteiger partial charge is 0.492 e. The molecule has 0 aliphatic carbocycles. The predicted molar refractivity (Wildman–Crippen MR) is 102 cm³/mol. The second kappa shape index (κ2) is 8.56. The second-order valence-electron chi connectivity index (χ2n) is 6.48. The van der Waals surface area contributed by atoms with E-state index in [0.717, 1.165) is 43.3 Å². The summed E-state index contributed by atoms with van der Waals surface area (Å²) >= 11 is 6.10. The van der Waals surface area contributed by atoms with E-state index in [1.165, 1.54) is 0 Å². The number of benzene rings is 1. The Morgan fingerprint density at radius 2 is 2.26 bits per heavy atom. The van der Waals surface area contributed by atoms with E-state index in [1.54, 1.807) is 6.20 Å². The van der Waals surface area contributed by atoms with Gasteiger partial charge in [-0.2, -0.15) is 5.10 Å². The lowest BCUT2D eigenvalue weighted by molar-refractivity contribution is -0.0356. The third-order valence-electron chi connectivity index (χ3n) is 4.53. The van der Waals surface area contributed by atoms with Gasteiger partial charge in [0, 0.05) is 37.6 Å². The molecule has 1 atom stereocenters. The van der Waals surface area contributed by atoms with Gasteiger partial charge in [0.25, 0.3) is 0 Å². The van der Waals surface area contributed by atoms with E-state index >= 15 is 0 Å². The lowest BCUT2D eigenvalue weighted by atomic mass is 10.2. The third kappa shape index (κ3) is 4.68. The molecular formula is C19H22ClN5O2. The number of halogens is 1. The van der Waals surface area contributed by atoms with Crippen LogP contribution in [0.5, 0.6) is 5.75 Å². The van der Waals surface area contributed by atoms with E-state index in [1.807, 2.05) is 30.5 Å². The summed E-state index contributed by atoms with van der Waals surface area (Å²) in [5.41, 5.74) is 1.94. The van der Waals surface area contributed by atoms with Gasteiger partial charge in [0.05, 0.1) is 30.5 Å². The molecular weight excluding hydrogens is 366 g/mol. The molecule has 7 nitrogen and oxygen atoms in total. The molecule has 1 aliphatic heterocycles. The molecule has 142 valence electrons. The monoisotopic (exact) mass is 387 g/mol. The summed E-state index contributed by atoms with van der Waals surface area (Å²) in [7, 11) is 0. The standard InChI is InChI=1S/C19H22ClN5O2/c20-15-3-1-2-4-17(15)26-9-5-14-11-16(24-23-14)18-12-25(8-10-27-18)13-19-21-6-7-22-19/h1-4,6-7,11,18H,5,8-10,12-13H2,(H,21,22)(H,23,24). The fraction of sp³-hybridized carbons (Fsp3) is 0.368. The van der Waals surface area contributed by atoms with Gasteiger partial charge in [-0.15, -0.1) is 0 Å². The average Bonchev–Trinajstić information content (AvgIpc) is 3.36. The topological polar surface area (TPSA) is 79.1 Å². The number of morpholine rings is 1. The van der Waals surface area contributed by atoms with E-state index in [4.69, 9.17) is 21.1 Å². The lowest BCUT2D eigenvalue weighted by Gasteiger charge is -2.31. The third-order valence-corrected chi connectivity index (χ3v) is 4.84. The number of hydrogen-bond donors (Lipinski definition) is 2. The highest BCUT2D eigenvalue weighted by molar-refractivity contribution is 6.32. The zero-order chi connectivity index (χ0) is 18.5. The van der Waals surface area contributed by atoms with Gasteiger partial charge in [-0.25, -0.2) is 4.98 Å². The van der Waals surface area contributed by atoms with Crippen molar-refractivity contribution >= 4 is 11.6 Å². The fourth-order valence-electron chi connectivity index (χ4n) is 3.13. The Kier molecular flexibility index (Phi) is 5.72. The van der Waals surface area contributed by atoms with Gasteiger partial charge in [-0.3, -0.25) is 10.00 Å². The molecule has 1 aliphatic rings. The van der Waals surface area contributed by atoms with Crippen molar-refractivity contribution in [3.63, 3.8) is 0 Å². The van der Waals surface area contributed by atoms with Crippen LogP contribution in [-0.4, -0.2) is 51.4 Å². The molecule has 0 saturated carbocycles. The Labute approximate surface area is 162 Å². The first-order valence-corrected chi connectivity index (χ1v) is 9.39. The SMILES string of the molecule is Clc1ccccc1OCCc1cc(C2CN(Cc3ncc[nH]3)CCO2)n[nH]1. The summed E-state index contributed by atoms with van der Waals surface area (Å²) in [6, 6.07) is 9.53. The number of nitrogens with zero attached hydrogens (tertiary/aromatic N) is 3. The van der Waals surface area contributed by atoms with Gasteiger partial charge in [0.2, 0.25) is 0 Å². The molecule has 1 aromatic carbocycles. The molecule has 3 aromatic rings. The first-order chi connectivity index (χ1) is 13.3. The Bertz CT molecular complexity index is 851. The number of ether oxygens (including phenoxy) is 2. The van der Waals surface area contributed by atoms with Crippen LogP contribution in [0.25, 0.3) is 0 Å². The maximum atomic E-state index is 6.10. The van der Waals surface area contributed by atoms with Crippen LogP contribution < -0.4 is 4.74 Å². The molecule has 0 amide bonds. The van der Waals surface area contributed by atoms with Crippen molar-refractivity contribution in [1.29, 1.82) is 0 Å². The van der Waals surface area contributed by atoms with Gasteiger partial charge < -0.3 is 14.5 Å². The zero-order valence-electron chi connectivity index (χ0n) is 14.9. The van der Waals surface area contributed by atoms with Gasteiger partial charge >= 0.3 is 0 Å². The van der Waals surface area contributed by atoms with E-state index in [-0.39, 0.29) is 6.10 Å². The number of aromatic nitrogens is 4. The first-order valence-electron chi connectivity index (χ1n) is 9.01. The van der Waals surface area contributed by atoms with Crippen LogP contribution in [0.3, 0.4) is 0 Å². The molecule has 1 unspecified atom stereocenters. The minimum absolute atomic E-state index is 0.0387. The maximum Gasteiger partial charge on any atom is 0.137 e. The van der Waals surface area contributed by atoms with E-state index in [0.29, 0.717) is 24.0 Å². The molecule has 4 rings (SSSR count). The second-order valence-corrected chi connectivity index (χ2v) is 6.88. The van der Waals surface area contributed by atoms with Crippen molar-refractivity contribution < 1.29 is 9.47 Å². The molecule has 1 fully saturated rings. The van der Waals surface area contributed by atoms with Gasteiger partial charge in [0.1, 0.15) is 17.7 Å². The minimum atomic E-state index is -0.0387. The number of nitrogens with one attached hydrogen (secondary N) is 2. The Balaban J connectivity index is 1.30. The van der Waals surface area contributed by atoms with Crippen molar-refractivity contribution in [2.24, 2.45) is 0 Å². The van der Waals surface area contributed by atoms with E-state index in [2.05, 4.69) is 31.1 Å². The molecule has 0 radical (unpaired) electrons. The number of H-pyrrole nitrogens is 2. The Hall–Kier alpha value is -2.35. The van der Waals surface area contributed by atoms with Crippen molar-refractivity contribution in [3.8, 4) is 5.75 Å². The van der Waals surface area contributed by atoms with E-state index < -0.39 is 0 Å². The molecule has 3 heterocycles. The summed E-state index contributed by atoms with van der Waals surface area (Å²) < 4.78 is 11.7. The summed E-state index contributed by atoms with van der Waals surface area (Å²) in [6.45, 7) is 3.68. The van der Waals surface area contributed by atoms with Crippen LogP contribution in [0.2, 0.25) is 5.02 Å². The zero-order valence-corrected chi connectivity index (χ0v) is 15.7. The quantitative estimate of drug-likeness (QED) is 0.651. The summed E-state index contributed by atoms with van der Waals surface area (Å²) in [5.74, 6) is 1.66. The molecule has 0 bridgehead atoms. The number of para-hydroxylation sites is 1. The lowest BCUT2D eigenvalue weighted by Crippen LogP contribution is -2.38. The average molecular weight is 388 g/mol. The molecule has 8 heteroatoms. The maximum absolute atomic E-state index is 6.10. The Morgan fingerprint density at radius 3 is 3.11 bits per heavy atom.